The molecular weight excluding hydrogens is 135 g/mol. The summed E-state index contributed by atoms with van der Waals surface area (Å²) in [4.78, 5) is 10.7. The molecule has 0 spiro atoms. The highest BCUT2D eigenvalue weighted by atomic mass is 16.6. The van der Waals surface area contributed by atoms with Crippen LogP contribution in [0.15, 0.2) is 12.3 Å². The lowest BCUT2D eigenvalue weighted by Crippen LogP contribution is -2.28. The van der Waals surface area contributed by atoms with Crippen LogP contribution in [-0.4, -0.2) is 26.9 Å². The first-order valence-corrected chi connectivity index (χ1v) is 2.71. The van der Waals surface area contributed by atoms with Gasteiger partial charge in [-0.25, -0.2) is 4.79 Å². The van der Waals surface area contributed by atoms with Gasteiger partial charge in [-0.1, -0.05) is 0 Å². The molecule has 0 fully saturated rings. The number of methoxy groups -OCH3 is 1. The Kier molecular flexibility index (Phi) is 2.33. The van der Waals surface area contributed by atoms with Crippen LogP contribution in [-0.2, 0) is 18.8 Å². The van der Waals surface area contributed by atoms with Crippen LogP contribution >= 0.6 is 0 Å². The molecule has 1 rings (SSSR count). The number of hydrogen-bond acceptors (Lipinski definition) is 4. The van der Waals surface area contributed by atoms with Crippen molar-refractivity contribution >= 4 is 13.7 Å². The fourth-order valence-corrected chi connectivity index (χ4v) is 0.536. The van der Waals surface area contributed by atoms with Crippen LogP contribution in [0.2, 0.25) is 0 Å². The lowest BCUT2D eigenvalue weighted by Gasteiger charge is -2.13. The molecule has 0 saturated heterocycles. The summed E-state index contributed by atoms with van der Waals surface area (Å²) in [7, 11) is 2.39. The van der Waals surface area contributed by atoms with E-state index in [4.69, 9.17) is 4.65 Å². The van der Waals surface area contributed by atoms with E-state index in [1.165, 1.54) is 19.4 Å². The predicted octanol–water partition coefficient (Wildman–Crippen LogP) is -0.377. The lowest BCUT2D eigenvalue weighted by molar-refractivity contribution is -0.147. The number of carbonyl (C=O) groups is 1. The van der Waals surface area contributed by atoms with Gasteiger partial charge in [0, 0.05) is 0 Å². The number of esters is 1. The van der Waals surface area contributed by atoms with E-state index in [1.54, 1.807) is 0 Å². The molecular formula is C5H6BO4. The summed E-state index contributed by atoms with van der Waals surface area (Å²) in [5.74, 6) is -0.434. The van der Waals surface area contributed by atoms with Gasteiger partial charge in [0.05, 0.1) is 13.4 Å². The number of ether oxygens (including phenoxy) is 1. The third-order valence-corrected chi connectivity index (χ3v) is 1.02. The summed E-state index contributed by atoms with van der Waals surface area (Å²) in [6.45, 7) is 0. The summed E-state index contributed by atoms with van der Waals surface area (Å²) in [5.41, 5.74) is 0. The monoisotopic (exact) mass is 141 g/mol. The molecule has 1 heterocycles. The summed E-state index contributed by atoms with van der Waals surface area (Å²) in [6, 6.07) is 0. The second kappa shape index (κ2) is 3.27. The van der Waals surface area contributed by atoms with Crippen LogP contribution in [0.3, 0.4) is 0 Å². The van der Waals surface area contributed by atoms with Crippen LogP contribution in [0.4, 0.5) is 0 Å². The fraction of sp³-hybridized carbons (Fsp3) is 0.400. The highest BCUT2D eigenvalue weighted by Gasteiger charge is 2.20. The Bertz CT molecular complexity index is 156. The Balaban J connectivity index is 2.46. The lowest BCUT2D eigenvalue weighted by atomic mass is 10.2. The first-order chi connectivity index (χ1) is 4.84. The van der Waals surface area contributed by atoms with Gasteiger partial charge in [-0.3, -0.25) is 0 Å². The van der Waals surface area contributed by atoms with E-state index in [0.717, 1.165) is 7.69 Å². The van der Waals surface area contributed by atoms with Crippen molar-refractivity contribution in [1.82, 2.24) is 0 Å². The SMILES string of the molecule is COC(=O)C1C=CO[B]O1. The summed E-state index contributed by atoms with van der Waals surface area (Å²) < 4.78 is 13.7. The molecule has 0 bridgehead atoms. The van der Waals surface area contributed by atoms with E-state index >= 15 is 0 Å². The fourth-order valence-electron chi connectivity index (χ4n) is 0.536. The van der Waals surface area contributed by atoms with Gasteiger partial charge in [0.15, 0.2) is 6.10 Å². The van der Waals surface area contributed by atoms with Crippen LogP contribution < -0.4 is 0 Å². The normalized spacial score (nSPS) is 22.7. The van der Waals surface area contributed by atoms with Crippen molar-refractivity contribution in [2.24, 2.45) is 0 Å². The maximum absolute atomic E-state index is 10.7. The van der Waals surface area contributed by atoms with Gasteiger partial charge in [0.1, 0.15) is 0 Å². The molecule has 1 unspecified atom stereocenters. The zero-order valence-electron chi connectivity index (χ0n) is 5.44. The highest BCUT2D eigenvalue weighted by molar-refractivity contribution is 6.19. The maximum Gasteiger partial charge on any atom is 0.572 e. The molecule has 1 atom stereocenters. The Morgan fingerprint density at radius 2 is 2.60 bits per heavy atom. The molecule has 1 aliphatic heterocycles. The van der Waals surface area contributed by atoms with Crippen molar-refractivity contribution in [3.63, 3.8) is 0 Å². The Morgan fingerprint density at radius 1 is 1.80 bits per heavy atom. The second-order valence-electron chi connectivity index (χ2n) is 1.64. The molecule has 4 nitrogen and oxygen atoms in total. The van der Waals surface area contributed by atoms with Crippen LogP contribution in [0.25, 0.3) is 0 Å². The molecule has 0 aromatic carbocycles. The van der Waals surface area contributed by atoms with Gasteiger partial charge in [-0.05, 0) is 6.08 Å². The number of carbonyl (C=O) groups excluding carboxylic acids is 1. The van der Waals surface area contributed by atoms with Crippen molar-refractivity contribution in [1.29, 1.82) is 0 Å². The van der Waals surface area contributed by atoms with Gasteiger partial charge in [-0.15, -0.1) is 0 Å². The average molecular weight is 141 g/mol. The Labute approximate surface area is 59.1 Å². The van der Waals surface area contributed by atoms with E-state index in [9.17, 15) is 4.79 Å². The number of hydrogen-bond donors (Lipinski definition) is 0. The minimum Gasteiger partial charge on any atom is -0.543 e. The molecule has 1 radical (unpaired) electrons. The van der Waals surface area contributed by atoms with Gasteiger partial charge in [-0.2, -0.15) is 0 Å². The van der Waals surface area contributed by atoms with Crippen LogP contribution in [0.5, 0.6) is 0 Å². The minimum atomic E-state index is -0.654. The third kappa shape index (κ3) is 1.51. The topological polar surface area (TPSA) is 44.8 Å². The van der Waals surface area contributed by atoms with Crippen LogP contribution in [0.1, 0.15) is 0 Å². The van der Waals surface area contributed by atoms with E-state index < -0.39 is 12.1 Å². The summed E-state index contributed by atoms with van der Waals surface area (Å²) in [6.07, 6.45) is 2.18. The minimum absolute atomic E-state index is 0.434. The third-order valence-electron chi connectivity index (χ3n) is 1.02. The molecule has 0 aliphatic carbocycles. The Morgan fingerprint density at radius 3 is 3.10 bits per heavy atom. The smallest absolute Gasteiger partial charge is 0.543 e. The molecule has 0 saturated carbocycles. The standard InChI is InChI=1S/C5H6BO4/c1-8-5(7)4-2-3-9-6-10-4/h2-4H,1H3. The molecule has 0 aromatic rings. The summed E-state index contributed by atoms with van der Waals surface area (Å²) in [5, 5.41) is 0. The van der Waals surface area contributed by atoms with E-state index in [-0.39, 0.29) is 0 Å². The van der Waals surface area contributed by atoms with Crippen LogP contribution in [0, 0.1) is 0 Å². The van der Waals surface area contributed by atoms with E-state index in [0.29, 0.717) is 0 Å². The highest BCUT2D eigenvalue weighted by Crippen LogP contribution is 2.01. The maximum atomic E-state index is 10.7. The molecule has 10 heavy (non-hydrogen) atoms. The van der Waals surface area contributed by atoms with E-state index in [2.05, 4.69) is 9.39 Å². The van der Waals surface area contributed by atoms with Crippen molar-refractivity contribution in [3.05, 3.63) is 12.3 Å². The molecule has 5 heteroatoms. The average Bonchev–Trinajstić information content (AvgIpc) is 2.05. The van der Waals surface area contributed by atoms with Gasteiger partial charge in [0.25, 0.3) is 0 Å². The largest absolute Gasteiger partial charge is 0.572 e. The van der Waals surface area contributed by atoms with Crippen molar-refractivity contribution < 1.29 is 18.8 Å². The summed E-state index contributed by atoms with van der Waals surface area (Å²) >= 11 is 0. The van der Waals surface area contributed by atoms with Gasteiger partial charge >= 0.3 is 13.7 Å². The van der Waals surface area contributed by atoms with Gasteiger partial charge in [0.2, 0.25) is 0 Å². The Hall–Kier alpha value is -0.965. The zero-order valence-corrected chi connectivity index (χ0v) is 5.44. The second-order valence-corrected chi connectivity index (χ2v) is 1.64. The molecule has 1 aliphatic rings. The molecule has 0 aromatic heterocycles. The predicted molar refractivity (Wildman–Crippen MR) is 32.9 cm³/mol. The van der Waals surface area contributed by atoms with Crippen molar-refractivity contribution in [2.75, 3.05) is 7.11 Å². The molecule has 0 amide bonds. The first kappa shape index (κ1) is 7.15. The van der Waals surface area contributed by atoms with E-state index in [1.807, 2.05) is 0 Å². The molecule has 0 N–H and O–H groups in total. The quantitative estimate of drug-likeness (QED) is 0.368. The molecule has 53 valence electrons. The number of rotatable bonds is 1. The van der Waals surface area contributed by atoms with Crippen molar-refractivity contribution in [2.45, 2.75) is 6.10 Å². The zero-order chi connectivity index (χ0) is 7.40. The van der Waals surface area contributed by atoms with Gasteiger partial charge < -0.3 is 14.0 Å². The first-order valence-electron chi connectivity index (χ1n) is 2.71. The van der Waals surface area contributed by atoms with Crippen molar-refractivity contribution in [3.8, 4) is 0 Å².